The predicted octanol–water partition coefficient (Wildman–Crippen LogP) is 3.16. The standard InChI is InChI=1S/C16H10FN3O3S/c1-20-10-7-8(17)4-5-9(10)13(21)12(16(20)22)15-18-14(19-23-15)11-3-2-6-24-11/h2-7,21H,1H3. The van der Waals surface area contributed by atoms with Gasteiger partial charge in [-0.25, -0.2) is 4.39 Å². The maximum Gasteiger partial charge on any atom is 0.267 e. The van der Waals surface area contributed by atoms with Gasteiger partial charge in [0.25, 0.3) is 11.4 Å². The minimum Gasteiger partial charge on any atom is -0.506 e. The molecule has 6 nitrogen and oxygen atoms in total. The molecular weight excluding hydrogens is 333 g/mol. The lowest BCUT2D eigenvalue weighted by Gasteiger charge is -2.09. The Bertz CT molecular complexity index is 1120. The van der Waals surface area contributed by atoms with Crippen molar-refractivity contribution in [2.24, 2.45) is 7.05 Å². The number of halogens is 1. The monoisotopic (exact) mass is 343 g/mol. The predicted molar refractivity (Wildman–Crippen MR) is 87.4 cm³/mol. The molecule has 24 heavy (non-hydrogen) atoms. The highest BCUT2D eigenvalue weighted by Gasteiger charge is 2.22. The fourth-order valence-electron chi connectivity index (χ4n) is 2.52. The molecule has 3 heterocycles. The molecule has 0 spiro atoms. The van der Waals surface area contributed by atoms with Gasteiger partial charge in [-0.1, -0.05) is 11.2 Å². The number of aromatic hydroxyl groups is 1. The number of pyridine rings is 1. The molecule has 0 unspecified atom stereocenters. The van der Waals surface area contributed by atoms with Gasteiger partial charge in [0, 0.05) is 12.4 Å². The molecule has 8 heteroatoms. The molecular formula is C16H10FN3O3S. The zero-order valence-electron chi connectivity index (χ0n) is 12.4. The third kappa shape index (κ3) is 2.11. The van der Waals surface area contributed by atoms with Gasteiger partial charge < -0.3 is 14.2 Å². The fourth-order valence-corrected chi connectivity index (χ4v) is 3.17. The molecule has 3 aromatic heterocycles. The molecule has 1 N–H and O–H groups in total. The van der Waals surface area contributed by atoms with Gasteiger partial charge in [-0.2, -0.15) is 4.98 Å². The Hall–Kier alpha value is -3.00. The van der Waals surface area contributed by atoms with E-state index >= 15 is 0 Å². The number of hydrogen-bond donors (Lipinski definition) is 1. The minimum absolute atomic E-state index is 0.0808. The highest BCUT2D eigenvalue weighted by molar-refractivity contribution is 7.13. The molecule has 0 aliphatic carbocycles. The number of benzene rings is 1. The average molecular weight is 343 g/mol. The quantitative estimate of drug-likeness (QED) is 0.605. The summed E-state index contributed by atoms with van der Waals surface area (Å²) in [5.41, 5.74) is -0.377. The van der Waals surface area contributed by atoms with Crippen molar-refractivity contribution in [2.45, 2.75) is 0 Å². The van der Waals surface area contributed by atoms with Gasteiger partial charge >= 0.3 is 0 Å². The molecule has 0 fully saturated rings. The summed E-state index contributed by atoms with van der Waals surface area (Å²) in [7, 11) is 1.49. The Labute approximate surface area is 138 Å². The van der Waals surface area contributed by atoms with Crippen molar-refractivity contribution >= 4 is 22.2 Å². The van der Waals surface area contributed by atoms with E-state index in [1.807, 2.05) is 17.5 Å². The molecule has 4 rings (SSSR count). The van der Waals surface area contributed by atoms with Gasteiger partial charge in [0.1, 0.15) is 17.1 Å². The van der Waals surface area contributed by atoms with E-state index in [9.17, 15) is 14.3 Å². The average Bonchev–Trinajstić information content (AvgIpc) is 3.24. The number of rotatable bonds is 2. The maximum atomic E-state index is 13.4. The van der Waals surface area contributed by atoms with Crippen LogP contribution in [0.15, 0.2) is 45.0 Å². The second-order valence-corrected chi connectivity index (χ2v) is 6.10. The third-order valence-electron chi connectivity index (χ3n) is 3.71. The summed E-state index contributed by atoms with van der Waals surface area (Å²) in [5, 5.41) is 16.5. The van der Waals surface area contributed by atoms with Crippen molar-refractivity contribution in [1.29, 1.82) is 0 Å². The lowest BCUT2D eigenvalue weighted by atomic mass is 10.1. The Morgan fingerprint density at radius 3 is 2.92 bits per heavy atom. The van der Waals surface area contributed by atoms with E-state index in [1.165, 1.54) is 41.2 Å². The van der Waals surface area contributed by atoms with Crippen LogP contribution >= 0.6 is 11.3 Å². The highest BCUT2D eigenvalue weighted by Crippen LogP contribution is 2.33. The topological polar surface area (TPSA) is 81.2 Å². The van der Waals surface area contributed by atoms with Crippen molar-refractivity contribution in [3.8, 4) is 27.9 Å². The fraction of sp³-hybridized carbons (Fsp3) is 0.0625. The largest absolute Gasteiger partial charge is 0.506 e. The van der Waals surface area contributed by atoms with Crippen LogP contribution in [0.3, 0.4) is 0 Å². The number of nitrogens with zero attached hydrogens (tertiary/aromatic N) is 3. The van der Waals surface area contributed by atoms with Crippen molar-refractivity contribution in [1.82, 2.24) is 14.7 Å². The molecule has 0 saturated carbocycles. The summed E-state index contributed by atoms with van der Waals surface area (Å²) in [6.45, 7) is 0. The molecule has 0 saturated heterocycles. The van der Waals surface area contributed by atoms with Gasteiger partial charge in [0.15, 0.2) is 0 Å². The van der Waals surface area contributed by atoms with Crippen LogP contribution in [0.4, 0.5) is 4.39 Å². The Morgan fingerprint density at radius 2 is 2.17 bits per heavy atom. The van der Waals surface area contributed by atoms with E-state index in [4.69, 9.17) is 4.52 Å². The second-order valence-electron chi connectivity index (χ2n) is 5.15. The van der Waals surface area contributed by atoms with Gasteiger partial charge in [0.2, 0.25) is 5.82 Å². The summed E-state index contributed by atoms with van der Waals surface area (Å²) < 4.78 is 19.8. The highest BCUT2D eigenvalue weighted by atomic mass is 32.1. The molecule has 0 radical (unpaired) electrons. The van der Waals surface area contributed by atoms with E-state index < -0.39 is 11.4 Å². The Balaban J connectivity index is 1.98. The molecule has 0 atom stereocenters. The maximum absolute atomic E-state index is 13.4. The summed E-state index contributed by atoms with van der Waals surface area (Å²) in [6.07, 6.45) is 0. The number of hydrogen-bond acceptors (Lipinski definition) is 6. The van der Waals surface area contributed by atoms with Crippen LogP contribution in [0.5, 0.6) is 5.75 Å². The van der Waals surface area contributed by atoms with Crippen LogP contribution < -0.4 is 5.56 Å². The van der Waals surface area contributed by atoms with Crippen LogP contribution in [0.2, 0.25) is 0 Å². The minimum atomic E-state index is -0.549. The summed E-state index contributed by atoms with van der Waals surface area (Å²) in [6, 6.07) is 7.46. The number of fused-ring (bicyclic) bond motifs is 1. The number of thiophene rings is 1. The van der Waals surface area contributed by atoms with Crippen LogP contribution in [0.1, 0.15) is 0 Å². The normalized spacial score (nSPS) is 11.2. The first-order valence-electron chi connectivity index (χ1n) is 6.95. The van der Waals surface area contributed by atoms with Crippen molar-refractivity contribution < 1.29 is 14.0 Å². The van der Waals surface area contributed by atoms with Crippen molar-refractivity contribution in [2.75, 3.05) is 0 Å². The van der Waals surface area contributed by atoms with Crippen LogP contribution in [0.25, 0.3) is 33.1 Å². The third-order valence-corrected chi connectivity index (χ3v) is 4.58. The lowest BCUT2D eigenvalue weighted by molar-refractivity contribution is 0.425. The number of aryl methyl sites for hydroxylation is 1. The molecule has 4 aromatic rings. The molecule has 0 bridgehead atoms. The first kappa shape index (κ1) is 14.6. The number of aromatic nitrogens is 3. The smallest absolute Gasteiger partial charge is 0.267 e. The van der Waals surface area contributed by atoms with E-state index in [-0.39, 0.29) is 22.7 Å². The van der Waals surface area contributed by atoms with E-state index in [0.29, 0.717) is 11.2 Å². The first-order valence-corrected chi connectivity index (χ1v) is 7.83. The van der Waals surface area contributed by atoms with Gasteiger partial charge in [-0.15, -0.1) is 11.3 Å². The van der Waals surface area contributed by atoms with Crippen LogP contribution in [-0.2, 0) is 7.05 Å². The van der Waals surface area contributed by atoms with Gasteiger partial charge in [0.05, 0.1) is 10.4 Å². The van der Waals surface area contributed by atoms with Crippen molar-refractivity contribution in [3.63, 3.8) is 0 Å². The molecule has 1 aromatic carbocycles. The van der Waals surface area contributed by atoms with Crippen LogP contribution in [-0.4, -0.2) is 19.8 Å². The molecule has 0 aliphatic rings. The second kappa shape index (κ2) is 5.27. The first-order chi connectivity index (χ1) is 11.6. The lowest BCUT2D eigenvalue weighted by Crippen LogP contribution is -2.19. The van der Waals surface area contributed by atoms with Gasteiger partial charge in [-0.3, -0.25) is 4.79 Å². The summed E-state index contributed by atoms with van der Waals surface area (Å²) >= 11 is 1.43. The van der Waals surface area contributed by atoms with E-state index in [2.05, 4.69) is 10.1 Å². The van der Waals surface area contributed by atoms with Gasteiger partial charge in [-0.05, 0) is 29.6 Å². The van der Waals surface area contributed by atoms with E-state index in [0.717, 1.165) is 4.88 Å². The zero-order valence-corrected chi connectivity index (χ0v) is 13.2. The van der Waals surface area contributed by atoms with E-state index in [1.54, 1.807) is 0 Å². The Kier molecular flexibility index (Phi) is 3.20. The molecule has 0 aliphatic heterocycles. The van der Waals surface area contributed by atoms with Crippen molar-refractivity contribution in [3.05, 3.63) is 51.9 Å². The zero-order chi connectivity index (χ0) is 16.8. The summed E-state index contributed by atoms with van der Waals surface area (Å²) in [4.78, 5) is 17.5. The Morgan fingerprint density at radius 1 is 1.33 bits per heavy atom. The SMILES string of the molecule is Cn1c(=O)c(-c2nc(-c3cccs3)no2)c(O)c2ccc(F)cc21. The molecule has 0 amide bonds. The molecule has 120 valence electrons. The summed E-state index contributed by atoms with van der Waals surface area (Å²) in [5.74, 6) is -0.555. The van der Waals surface area contributed by atoms with Crippen LogP contribution in [0, 0.1) is 5.82 Å².